The summed E-state index contributed by atoms with van der Waals surface area (Å²) in [7, 11) is 0. The zero-order chi connectivity index (χ0) is 18.4. The Morgan fingerprint density at radius 1 is 0.640 bits per heavy atom. The van der Waals surface area contributed by atoms with E-state index in [1.807, 2.05) is 0 Å². The highest BCUT2D eigenvalue weighted by molar-refractivity contribution is 9.11. The number of hydrogen-bond donors (Lipinski definition) is 2. The van der Waals surface area contributed by atoms with Gasteiger partial charge in [0.2, 0.25) is 0 Å². The van der Waals surface area contributed by atoms with Gasteiger partial charge in [0.15, 0.2) is 0 Å². The molecule has 25 heavy (non-hydrogen) atoms. The molecular weight excluding hydrogens is 640 g/mol. The molecule has 0 fully saturated rings. The molecule has 0 amide bonds. The predicted octanol–water partition coefficient (Wildman–Crippen LogP) is 7.06. The van der Waals surface area contributed by atoms with Gasteiger partial charge in [-0.3, -0.25) is 0 Å². The molecule has 2 N–H and O–H groups in total. The van der Waals surface area contributed by atoms with E-state index in [1.54, 1.807) is 35.3 Å². The van der Waals surface area contributed by atoms with Crippen LogP contribution in [0.3, 0.4) is 0 Å². The Bertz CT molecular complexity index is 636. The fourth-order valence-electron chi connectivity index (χ4n) is 1.90. The molecule has 2 aromatic carbocycles. The molecule has 0 saturated heterocycles. The third-order valence-corrected chi connectivity index (χ3v) is 9.58. The molecular formula is C16H14Br4O2S3. The number of aliphatic hydroxyl groups excluding tert-OH is 2. The van der Waals surface area contributed by atoms with Crippen LogP contribution in [0.4, 0.5) is 0 Å². The molecule has 9 heteroatoms. The average molecular weight is 654 g/mol. The smallest absolute Gasteiger partial charge is 0.0525 e. The first kappa shape index (κ1) is 22.6. The van der Waals surface area contributed by atoms with E-state index in [9.17, 15) is 0 Å². The molecule has 0 aromatic heterocycles. The molecule has 136 valence electrons. The molecule has 2 nitrogen and oxygen atoms in total. The zero-order valence-corrected chi connectivity index (χ0v) is 21.6. The van der Waals surface area contributed by atoms with E-state index >= 15 is 0 Å². The van der Waals surface area contributed by atoms with Crippen LogP contribution >= 0.6 is 99.0 Å². The maximum Gasteiger partial charge on any atom is 0.0525 e. The zero-order valence-electron chi connectivity index (χ0n) is 12.8. The molecule has 0 saturated carbocycles. The monoisotopic (exact) mass is 650 g/mol. The number of thioether (sulfide) groups is 2. The lowest BCUT2D eigenvalue weighted by Crippen LogP contribution is -1.89. The Labute approximate surface area is 193 Å². The summed E-state index contributed by atoms with van der Waals surface area (Å²) in [4.78, 5) is 4.41. The van der Waals surface area contributed by atoms with Gasteiger partial charge in [-0.25, -0.2) is 0 Å². The van der Waals surface area contributed by atoms with Gasteiger partial charge in [-0.2, -0.15) is 0 Å². The van der Waals surface area contributed by atoms with Crippen molar-refractivity contribution in [1.29, 1.82) is 0 Å². The molecule has 2 rings (SSSR count). The summed E-state index contributed by atoms with van der Waals surface area (Å²) in [6, 6.07) is 8.35. The largest absolute Gasteiger partial charge is 0.396 e. The maximum atomic E-state index is 9.01. The van der Waals surface area contributed by atoms with E-state index in [2.05, 4.69) is 88.0 Å². The molecule has 0 bridgehead atoms. The van der Waals surface area contributed by atoms with Gasteiger partial charge in [-0.05, 0) is 88.0 Å². The Morgan fingerprint density at radius 2 is 0.960 bits per heavy atom. The van der Waals surface area contributed by atoms with Crippen LogP contribution in [0.2, 0.25) is 0 Å². The third kappa shape index (κ3) is 6.71. The summed E-state index contributed by atoms with van der Waals surface area (Å²) in [6.07, 6.45) is 0. The van der Waals surface area contributed by atoms with Crippen molar-refractivity contribution in [3.05, 3.63) is 42.2 Å². The van der Waals surface area contributed by atoms with Crippen molar-refractivity contribution in [2.75, 3.05) is 24.7 Å². The molecule has 0 atom stereocenters. The van der Waals surface area contributed by atoms with Crippen LogP contribution in [-0.2, 0) is 0 Å². The summed E-state index contributed by atoms with van der Waals surface area (Å²) in [5, 5.41) is 18.0. The van der Waals surface area contributed by atoms with E-state index in [0.717, 1.165) is 37.5 Å². The minimum Gasteiger partial charge on any atom is -0.396 e. The van der Waals surface area contributed by atoms with Crippen molar-refractivity contribution in [3.63, 3.8) is 0 Å². The Balaban J connectivity index is 2.22. The molecule has 0 spiro atoms. The fourth-order valence-corrected chi connectivity index (χ4v) is 8.61. The molecule has 0 radical (unpaired) electrons. The molecule has 0 aliphatic heterocycles. The van der Waals surface area contributed by atoms with Gasteiger partial charge in [0.05, 0.1) is 13.2 Å². The lowest BCUT2D eigenvalue weighted by atomic mass is 10.4. The minimum absolute atomic E-state index is 0.155. The van der Waals surface area contributed by atoms with Gasteiger partial charge < -0.3 is 10.2 Å². The topological polar surface area (TPSA) is 40.5 Å². The van der Waals surface area contributed by atoms with E-state index in [1.165, 1.54) is 0 Å². The van der Waals surface area contributed by atoms with Crippen LogP contribution in [0.25, 0.3) is 0 Å². The molecule has 0 unspecified atom stereocenters. The lowest BCUT2D eigenvalue weighted by molar-refractivity contribution is 0.322. The quantitative estimate of drug-likeness (QED) is 0.299. The summed E-state index contributed by atoms with van der Waals surface area (Å²) >= 11 is 19.4. The van der Waals surface area contributed by atoms with Crippen molar-refractivity contribution in [2.24, 2.45) is 0 Å². The van der Waals surface area contributed by atoms with Gasteiger partial charge in [-0.15, -0.1) is 23.5 Å². The van der Waals surface area contributed by atoms with Crippen LogP contribution < -0.4 is 0 Å². The van der Waals surface area contributed by atoms with Crippen LogP contribution in [0.5, 0.6) is 0 Å². The van der Waals surface area contributed by atoms with Crippen LogP contribution in [0.1, 0.15) is 0 Å². The lowest BCUT2D eigenvalue weighted by Gasteiger charge is -2.12. The van der Waals surface area contributed by atoms with Crippen molar-refractivity contribution in [2.45, 2.75) is 19.6 Å². The van der Waals surface area contributed by atoms with E-state index in [4.69, 9.17) is 10.2 Å². The van der Waals surface area contributed by atoms with Gasteiger partial charge in [0, 0.05) is 49.0 Å². The van der Waals surface area contributed by atoms with Crippen LogP contribution in [0.15, 0.2) is 61.7 Å². The highest BCUT2D eigenvalue weighted by Gasteiger charge is 2.12. The standard InChI is InChI=1S/C16H14Br4O2S3/c17-11-5-9(6-12(18)15(11)23-3-1-21)25-10-7-13(19)16(14(20)8-10)24-4-2-22/h5-8,21-22H,1-4H2. The number of hydrogen-bond acceptors (Lipinski definition) is 5. The fraction of sp³-hybridized carbons (Fsp3) is 0.250. The van der Waals surface area contributed by atoms with E-state index in [0.29, 0.717) is 11.5 Å². The van der Waals surface area contributed by atoms with Gasteiger partial charge in [-0.1, -0.05) is 11.8 Å². The number of benzene rings is 2. The van der Waals surface area contributed by atoms with Crippen molar-refractivity contribution >= 4 is 99.0 Å². The molecule has 2 aromatic rings. The SMILES string of the molecule is OCCSc1c(Br)cc(Sc2cc(Br)c(SCCO)c(Br)c2)cc1Br. The molecule has 0 heterocycles. The Kier molecular flexibility index (Phi) is 10.3. The molecule has 0 aliphatic carbocycles. The number of halogens is 4. The first-order valence-electron chi connectivity index (χ1n) is 7.09. The summed E-state index contributed by atoms with van der Waals surface area (Å²) in [5.41, 5.74) is 0. The minimum atomic E-state index is 0.155. The third-order valence-electron chi connectivity index (χ3n) is 2.85. The van der Waals surface area contributed by atoms with Crippen molar-refractivity contribution in [1.82, 2.24) is 0 Å². The summed E-state index contributed by atoms with van der Waals surface area (Å²) in [5.74, 6) is 1.33. The maximum absolute atomic E-state index is 9.01. The van der Waals surface area contributed by atoms with Crippen molar-refractivity contribution in [3.8, 4) is 0 Å². The van der Waals surface area contributed by atoms with E-state index < -0.39 is 0 Å². The average Bonchev–Trinajstić information content (AvgIpc) is 2.53. The Hall–Kier alpha value is 1.33. The van der Waals surface area contributed by atoms with Gasteiger partial charge in [0.1, 0.15) is 0 Å². The predicted molar refractivity (Wildman–Crippen MR) is 123 cm³/mol. The van der Waals surface area contributed by atoms with Crippen molar-refractivity contribution < 1.29 is 10.2 Å². The summed E-state index contributed by atoms with van der Waals surface area (Å²) < 4.78 is 4.04. The van der Waals surface area contributed by atoms with Crippen LogP contribution in [-0.4, -0.2) is 34.9 Å². The second kappa shape index (κ2) is 11.4. The van der Waals surface area contributed by atoms with Crippen LogP contribution in [0, 0.1) is 0 Å². The first-order chi connectivity index (χ1) is 12.0. The second-order valence-corrected chi connectivity index (χ2v) is 11.5. The number of aliphatic hydroxyl groups is 2. The highest BCUT2D eigenvalue weighted by atomic mass is 79.9. The Morgan fingerprint density at radius 3 is 1.24 bits per heavy atom. The summed E-state index contributed by atoms with van der Waals surface area (Å²) in [6.45, 7) is 0.311. The normalized spacial score (nSPS) is 11.1. The van der Waals surface area contributed by atoms with Gasteiger partial charge >= 0.3 is 0 Å². The van der Waals surface area contributed by atoms with Gasteiger partial charge in [0.25, 0.3) is 0 Å². The molecule has 0 aliphatic rings. The highest BCUT2D eigenvalue weighted by Crippen LogP contribution is 2.43. The van der Waals surface area contributed by atoms with E-state index in [-0.39, 0.29) is 13.2 Å². The second-order valence-electron chi connectivity index (χ2n) is 4.68. The first-order valence-corrected chi connectivity index (χ1v) is 13.1. The number of rotatable bonds is 8.